The highest BCUT2D eigenvalue weighted by atomic mass is 19.2. The Balaban J connectivity index is 1.59. The standard InChI is InChI=1S/C43H45BF2N2O4/c1-5-34-36(7-3)42-40(49)29-41(52-44(45)46)43-37(8-4)35(6-2)39(48-43)24-22-31-18-16-20-33(28-31)51-26-14-12-10-9-11-13-25-50-32-19-15-17-30(27-32)21-23-38(34)47-42/h9-10,15-20,27-29,47-48H,5-8,11-14,25-26H2,1-4H3/b10-9-,41-29+. The van der Waals surface area contributed by atoms with E-state index in [9.17, 15) is 13.4 Å². The molecule has 5 rings (SSSR count). The van der Waals surface area contributed by atoms with E-state index >= 15 is 0 Å². The van der Waals surface area contributed by atoms with Gasteiger partial charge in [-0.05, 0) is 122 Å². The molecule has 52 heavy (non-hydrogen) atoms. The van der Waals surface area contributed by atoms with E-state index < -0.39 is 13.3 Å². The molecule has 2 aromatic heterocycles. The van der Waals surface area contributed by atoms with Gasteiger partial charge in [-0.2, -0.15) is 0 Å². The highest BCUT2D eigenvalue weighted by Gasteiger charge is 2.27. The Kier molecular flexibility index (Phi) is 13.6. The van der Waals surface area contributed by atoms with Gasteiger partial charge in [-0.15, -0.1) is 0 Å². The number of nitrogens with one attached hydrogen (secondary N) is 2. The van der Waals surface area contributed by atoms with Crippen molar-refractivity contribution >= 4 is 19.0 Å². The van der Waals surface area contributed by atoms with Crippen LogP contribution in [0, 0.1) is 23.7 Å². The van der Waals surface area contributed by atoms with E-state index in [1.54, 1.807) is 0 Å². The Bertz CT molecular complexity index is 2050. The van der Waals surface area contributed by atoms with E-state index in [1.165, 1.54) is 0 Å². The molecule has 0 saturated carbocycles. The fourth-order valence-corrected chi connectivity index (χ4v) is 6.42. The lowest BCUT2D eigenvalue weighted by molar-refractivity contribution is 0.104. The van der Waals surface area contributed by atoms with E-state index in [4.69, 9.17) is 14.1 Å². The van der Waals surface area contributed by atoms with Crippen molar-refractivity contribution in [1.29, 1.82) is 0 Å². The van der Waals surface area contributed by atoms with Crippen LogP contribution < -0.4 is 9.47 Å². The Morgan fingerprint density at radius 1 is 0.692 bits per heavy atom. The maximum Gasteiger partial charge on any atom is 0.796 e. The summed E-state index contributed by atoms with van der Waals surface area (Å²) in [6.45, 7) is 9.04. The van der Waals surface area contributed by atoms with Crippen molar-refractivity contribution in [2.75, 3.05) is 13.2 Å². The van der Waals surface area contributed by atoms with Crippen molar-refractivity contribution in [2.45, 2.75) is 79.1 Å². The predicted molar refractivity (Wildman–Crippen MR) is 204 cm³/mol. The number of carbonyl (C=O) groups excluding carboxylic acids is 1. The zero-order chi connectivity index (χ0) is 36.9. The summed E-state index contributed by atoms with van der Waals surface area (Å²) in [6.07, 6.45) is 11.4. The molecule has 0 fully saturated rings. The summed E-state index contributed by atoms with van der Waals surface area (Å²) in [5.41, 5.74) is 6.71. The molecule has 6 nitrogen and oxygen atoms in total. The number of rotatable bonds is 6. The molecule has 0 spiro atoms. The van der Waals surface area contributed by atoms with Crippen molar-refractivity contribution in [3.05, 3.63) is 123 Å². The topological polar surface area (TPSA) is 76.3 Å². The van der Waals surface area contributed by atoms with Crippen molar-refractivity contribution in [1.82, 2.24) is 9.97 Å². The van der Waals surface area contributed by atoms with Crippen LogP contribution in [0.1, 0.15) is 114 Å². The van der Waals surface area contributed by atoms with Crippen molar-refractivity contribution < 1.29 is 27.6 Å². The minimum absolute atomic E-state index is 0.243. The average Bonchev–Trinajstić information content (AvgIpc) is 3.70. The third kappa shape index (κ3) is 9.68. The fourth-order valence-electron chi connectivity index (χ4n) is 6.42. The van der Waals surface area contributed by atoms with E-state index in [1.807, 2.05) is 76.2 Å². The van der Waals surface area contributed by atoms with Gasteiger partial charge in [0.25, 0.3) is 0 Å². The van der Waals surface area contributed by atoms with Gasteiger partial charge >= 0.3 is 7.47 Å². The largest absolute Gasteiger partial charge is 0.796 e. The van der Waals surface area contributed by atoms with Gasteiger partial charge in [-0.1, -0.05) is 63.8 Å². The minimum Gasteiger partial charge on any atom is -0.503 e. The van der Waals surface area contributed by atoms with Crippen LogP contribution in [0.4, 0.5) is 8.63 Å². The lowest BCUT2D eigenvalue weighted by Gasteiger charge is -2.10. The van der Waals surface area contributed by atoms with E-state index in [0.717, 1.165) is 76.6 Å². The van der Waals surface area contributed by atoms with E-state index in [2.05, 4.69) is 45.8 Å². The number of fused-ring (bicyclic) bond motifs is 8. The first-order valence-corrected chi connectivity index (χ1v) is 18.2. The number of aromatic amines is 2. The number of aromatic nitrogens is 2. The zero-order valence-corrected chi connectivity index (χ0v) is 30.4. The van der Waals surface area contributed by atoms with Gasteiger partial charge in [-0.3, -0.25) is 4.79 Å². The monoisotopic (exact) mass is 702 g/mol. The molecule has 0 atom stereocenters. The highest BCUT2D eigenvalue weighted by Crippen LogP contribution is 2.30. The Hall–Kier alpha value is -5.41. The van der Waals surface area contributed by atoms with Crippen molar-refractivity contribution in [2.24, 2.45) is 0 Å². The second kappa shape index (κ2) is 18.7. The summed E-state index contributed by atoms with van der Waals surface area (Å²) >= 11 is 0. The van der Waals surface area contributed by atoms with E-state index in [-0.39, 0.29) is 5.76 Å². The average molecular weight is 703 g/mol. The van der Waals surface area contributed by atoms with Crippen molar-refractivity contribution in [3.63, 3.8) is 0 Å². The molecule has 0 amide bonds. The molecule has 0 aliphatic carbocycles. The maximum atomic E-state index is 14.0. The first kappa shape index (κ1) is 37.8. The molecule has 0 saturated heterocycles. The maximum absolute atomic E-state index is 14.0. The number of allylic oxidation sites excluding steroid dienone is 3. The molecular formula is C43H45BF2N2O4. The number of halogens is 2. The number of hydrogen-bond acceptors (Lipinski definition) is 4. The second-order valence-electron chi connectivity index (χ2n) is 12.3. The molecule has 9 heteroatoms. The number of ether oxygens (including phenoxy) is 2. The summed E-state index contributed by atoms with van der Waals surface area (Å²) in [5.74, 6) is 13.6. The predicted octanol–water partition coefficient (Wildman–Crippen LogP) is 9.44. The molecule has 1 aliphatic heterocycles. The van der Waals surface area contributed by atoms with Crippen LogP contribution in [0.15, 0.2) is 66.8 Å². The van der Waals surface area contributed by atoms with Crippen LogP contribution in [0.25, 0.3) is 5.76 Å². The quantitative estimate of drug-likeness (QED) is 0.119. The SMILES string of the molecule is CCc1c2[nH]c(c1CC)C(=O)/C=C(/OB(F)F)c1[nH]c(c(CC)c1CC)C#Cc1cccc(c1)OCCC/C=C\CCCOc1cccc(c1)C#C2. The summed E-state index contributed by atoms with van der Waals surface area (Å²) < 4.78 is 45.0. The number of carbonyl (C=O) groups is 1. The summed E-state index contributed by atoms with van der Waals surface area (Å²) in [4.78, 5) is 20.4. The lowest BCUT2D eigenvalue weighted by atomic mass is 10.00. The third-order valence-electron chi connectivity index (χ3n) is 8.89. The fraction of sp³-hybridized carbons (Fsp3) is 0.326. The van der Waals surface area contributed by atoms with Gasteiger partial charge in [0, 0.05) is 17.2 Å². The van der Waals surface area contributed by atoms with Gasteiger partial charge in [0.2, 0.25) is 5.78 Å². The number of ketones is 1. The minimum atomic E-state index is -3.15. The lowest BCUT2D eigenvalue weighted by Crippen LogP contribution is -2.09. The van der Waals surface area contributed by atoms with Crippen LogP contribution in [0.5, 0.6) is 11.5 Å². The Morgan fingerprint density at radius 3 is 1.65 bits per heavy atom. The molecule has 2 aromatic carbocycles. The van der Waals surface area contributed by atoms with E-state index in [0.29, 0.717) is 61.7 Å². The zero-order valence-electron chi connectivity index (χ0n) is 30.4. The smallest absolute Gasteiger partial charge is 0.503 e. The molecule has 0 radical (unpaired) electrons. The van der Waals surface area contributed by atoms with Crippen molar-refractivity contribution in [3.8, 4) is 35.2 Å². The first-order valence-electron chi connectivity index (χ1n) is 18.2. The second-order valence-corrected chi connectivity index (χ2v) is 12.3. The molecular weight excluding hydrogens is 657 g/mol. The summed E-state index contributed by atoms with van der Waals surface area (Å²) in [6, 6.07) is 15.2. The van der Waals surface area contributed by atoms with Crippen LogP contribution in [0.2, 0.25) is 0 Å². The molecule has 4 aromatic rings. The normalized spacial score (nSPS) is 15.4. The summed E-state index contributed by atoms with van der Waals surface area (Å²) in [5, 5.41) is 0. The Morgan fingerprint density at radius 2 is 1.17 bits per heavy atom. The Labute approximate surface area is 306 Å². The number of hydrogen-bond donors (Lipinski definition) is 2. The van der Waals surface area contributed by atoms with Gasteiger partial charge in [-0.25, -0.2) is 8.63 Å². The molecule has 2 N–H and O–H groups in total. The third-order valence-corrected chi connectivity index (χ3v) is 8.89. The molecule has 268 valence electrons. The van der Waals surface area contributed by atoms with Gasteiger partial charge in [0.15, 0.2) is 0 Å². The summed E-state index contributed by atoms with van der Waals surface area (Å²) in [7, 11) is -3.15. The van der Waals surface area contributed by atoms with Gasteiger partial charge in [0.1, 0.15) is 17.3 Å². The number of H-pyrrole nitrogens is 2. The van der Waals surface area contributed by atoms with Crippen LogP contribution >= 0.6 is 0 Å². The van der Waals surface area contributed by atoms with Gasteiger partial charge in [0.05, 0.1) is 36.0 Å². The van der Waals surface area contributed by atoms with Gasteiger partial charge < -0.3 is 24.1 Å². The molecule has 8 bridgehead atoms. The molecule has 0 unspecified atom stereocenters. The highest BCUT2D eigenvalue weighted by molar-refractivity contribution is 6.36. The van der Waals surface area contributed by atoms with Crippen LogP contribution in [0.3, 0.4) is 0 Å². The molecule has 1 aliphatic rings. The van der Waals surface area contributed by atoms with Crippen LogP contribution in [-0.4, -0.2) is 36.4 Å². The first-order chi connectivity index (χ1) is 25.3. The number of benzene rings is 2. The van der Waals surface area contributed by atoms with Crippen LogP contribution in [-0.2, 0) is 30.3 Å². The molecule has 3 heterocycles.